The highest BCUT2D eigenvalue weighted by molar-refractivity contribution is 5.95. The van der Waals surface area contributed by atoms with Crippen molar-refractivity contribution in [3.63, 3.8) is 0 Å². The van der Waals surface area contributed by atoms with E-state index in [1.54, 1.807) is 26.1 Å². The van der Waals surface area contributed by atoms with Gasteiger partial charge in [-0.1, -0.05) is 5.16 Å². The molecule has 0 bridgehead atoms. The summed E-state index contributed by atoms with van der Waals surface area (Å²) >= 11 is 0. The van der Waals surface area contributed by atoms with Crippen LogP contribution < -0.4 is 15.5 Å². The van der Waals surface area contributed by atoms with E-state index in [2.05, 4.69) is 25.7 Å². The highest BCUT2D eigenvalue weighted by Crippen LogP contribution is 2.16. The van der Waals surface area contributed by atoms with E-state index in [0.717, 1.165) is 37.8 Å². The van der Waals surface area contributed by atoms with E-state index < -0.39 is 6.04 Å². The van der Waals surface area contributed by atoms with E-state index in [4.69, 9.17) is 9.26 Å². The quantitative estimate of drug-likeness (QED) is 0.860. The first-order valence-electron chi connectivity index (χ1n) is 7.91. The van der Waals surface area contributed by atoms with Crippen LogP contribution in [-0.2, 0) is 9.53 Å². The first kappa shape index (κ1) is 16.3. The number of carbonyl (C=O) groups excluding carboxylic acids is 1. The Morgan fingerprint density at radius 1 is 1.33 bits per heavy atom. The molecule has 1 fully saturated rings. The predicted molar refractivity (Wildman–Crippen MR) is 90.2 cm³/mol. The number of amides is 1. The second-order valence-corrected chi connectivity index (χ2v) is 5.69. The molecule has 8 nitrogen and oxygen atoms in total. The van der Waals surface area contributed by atoms with Gasteiger partial charge in [0.1, 0.15) is 11.9 Å². The van der Waals surface area contributed by atoms with Crippen LogP contribution in [0.4, 0.5) is 17.4 Å². The van der Waals surface area contributed by atoms with Crippen molar-refractivity contribution in [3.8, 4) is 0 Å². The Labute approximate surface area is 140 Å². The predicted octanol–water partition coefficient (Wildman–Crippen LogP) is 1.65. The molecule has 2 aromatic heterocycles. The number of ether oxygens (including phenoxy) is 1. The average Bonchev–Trinajstić information content (AvgIpc) is 3.01. The SMILES string of the molecule is Cc1cc(NC(=O)C(C)Nc2ccc(N3CCOCC3)nc2)on1. The van der Waals surface area contributed by atoms with Crippen LogP contribution in [0.15, 0.2) is 28.9 Å². The number of anilines is 3. The summed E-state index contributed by atoms with van der Waals surface area (Å²) in [5.74, 6) is 1.05. The third kappa shape index (κ3) is 4.02. The molecule has 1 amide bonds. The second kappa shape index (κ2) is 7.31. The topological polar surface area (TPSA) is 92.5 Å². The van der Waals surface area contributed by atoms with Gasteiger partial charge < -0.3 is 19.5 Å². The van der Waals surface area contributed by atoms with Crippen molar-refractivity contribution >= 4 is 23.3 Å². The molecular weight excluding hydrogens is 310 g/mol. The molecule has 1 aliphatic heterocycles. The van der Waals surface area contributed by atoms with Gasteiger partial charge in [0, 0.05) is 19.2 Å². The average molecular weight is 331 g/mol. The zero-order valence-corrected chi connectivity index (χ0v) is 13.8. The number of hydrogen-bond donors (Lipinski definition) is 2. The third-order valence-electron chi connectivity index (χ3n) is 3.73. The molecular formula is C16H21N5O3. The molecule has 0 saturated carbocycles. The van der Waals surface area contributed by atoms with Crippen molar-refractivity contribution in [2.45, 2.75) is 19.9 Å². The third-order valence-corrected chi connectivity index (χ3v) is 3.73. The number of nitrogens with one attached hydrogen (secondary N) is 2. The Morgan fingerprint density at radius 3 is 2.75 bits per heavy atom. The van der Waals surface area contributed by atoms with Gasteiger partial charge in [-0.2, -0.15) is 0 Å². The number of rotatable bonds is 5. The first-order valence-corrected chi connectivity index (χ1v) is 7.91. The summed E-state index contributed by atoms with van der Waals surface area (Å²) in [6, 6.07) is 5.09. The molecule has 0 radical (unpaired) electrons. The van der Waals surface area contributed by atoms with Crippen LogP contribution in [0.5, 0.6) is 0 Å². The Bertz CT molecular complexity index is 679. The lowest BCUT2D eigenvalue weighted by Crippen LogP contribution is -2.36. The summed E-state index contributed by atoms with van der Waals surface area (Å²) in [5, 5.41) is 9.53. The van der Waals surface area contributed by atoms with E-state index >= 15 is 0 Å². The summed E-state index contributed by atoms with van der Waals surface area (Å²) in [4.78, 5) is 18.8. The van der Waals surface area contributed by atoms with E-state index in [1.807, 2.05) is 12.1 Å². The molecule has 2 N–H and O–H groups in total. The Hall–Kier alpha value is -2.61. The fraction of sp³-hybridized carbons (Fsp3) is 0.438. The van der Waals surface area contributed by atoms with E-state index in [1.165, 1.54) is 0 Å². The highest BCUT2D eigenvalue weighted by Gasteiger charge is 2.16. The van der Waals surface area contributed by atoms with Gasteiger partial charge in [-0.3, -0.25) is 10.1 Å². The van der Waals surface area contributed by atoms with Crippen molar-refractivity contribution in [1.82, 2.24) is 10.1 Å². The normalized spacial score (nSPS) is 15.8. The summed E-state index contributed by atoms with van der Waals surface area (Å²) in [7, 11) is 0. The van der Waals surface area contributed by atoms with Gasteiger partial charge in [0.15, 0.2) is 0 Å². The summed E-state index contributed by atoms with van der Waals surface area (Å²) < 4.78 is 10.3. The molecule has 0 spiro atoms. The van der Waals surface area contributed by atoms with Gasteiger partial charge in [0.2, 0.25) is 11.8 Å². The monoisotopic (exact) mass is 331 g/mol. The van der Waals surface area contributed by atoms with Gasteiger partial charge >= 0.3 is 0 Å². The van der Waals surface area contributed by atoms with Crippen LogP contribution in [-0.4, -0.2) is 48.4 Å². The van der Waals surface area contributed by atoms with Gasteiger partial charge in [-0.15, -0.1) is 0 Å². The Balaban J connectivity index is 1.55. The highest BCUT2D eigenvalue weighted by atomic mass is 16.5. The molecule has 1 aliphatic rings. The fourth-order valence-corrected chi connectivity index (χ4v) is 2.42. The number of morpholine rings is 1. The van der Waals surface area contributed by atoms with E-state index in [0.29, 0.717) is 11.6 Å². The minimum Gasteiger partial charge on any atom is -0.378 e. The molecule has 8 heteroatoms. The lowest BCUT2D eigenvalue weighted by molar-refractivity contribution is -0.116. The lowest BCUT2D eigenvalue weighted by Gasteiger charge is -2.27. The van der Waals surface area contributed by atoms with Crippen LogP contribution in [0.3, 0.4) is 0 Å². The van der Waals surface area contributed by atoms with Crippen LogP contribution >= 0.6 is 0 Å². The van der Waals surface area contributed by atoms with Crippen LogP contribution in [0.1, 0.15) is 12.6 Å². The zero-order valence-electron chi connectivity index (χ0n) is 13.8. The standard InChI is InChI=1S/C16H21N5O3/c1-11-9-15(24-20-11)19-16(22)12(2)18-13-3-4-14(17-10-13)21-5-7-23-8-6-21/h3-4,9-10,12,18H,5-8H2,1-2H3,(H,19,22). The molecule has 24 heavy (non-hydrogen) atoms. The molecule has 1 atom stereocenters. The van der Waals surface area contributed by atoms with Gasteiger partial charge in [0.05, 0.1) is 30.8 Å². The van der Waals surface area contributed by atoms with Crippen molar-refractivity contribution in [3.05, 3.63) is 30.1 Å². The molecule has 1 saturated heterocycles. The molecule has 2 aromatic rings. The van der Waals surface area contributed by atoms with E-state index in [-0.39, 0.29) is 5.91 Å². The van der Waals surface area contributed by atoms with Crippen LogP contribution in [0, 0.1) is 6.92 Å². The molecule has 0 aromatic carbocycles. The van der Waals surface area contributed by atoms with Gasteiger partial charge in [0.25, 0.3) is 0 Å². The number of pyridine rings is 1. The zero-order chi connectivity index (χ0) is 16.9. The maximum atomic E-state index is 12.1. The van der Waals surface area contributed by atoms with Crippen molar-refractivity contribution in [2.24, 2.45) is 0 Å². The molecule has 3 rings (SSSR count). The van der Waals surface area contributed by atoms with Crippen LogP contribution in [0.2, 0.25) is 0 Å². The van der Waals surface area contributed by atoms with Gasteiger partial charge in [-0.05, 0) is 26.0 Å². The van der Waals surface area contributed by atoms with Gasteiger partial charge in [-0.25, -0.2) is 4.98 Å². The van der Waals surface area contributed by atoms with Crippen molar-refractivity contribution < 1.29 is 14.1 Å². The maximum absolute atomic E-state index is 12.1. The molecule has 128 valence electrons. The first-order chi connectivity index (χ1) is 11.6. The fourth-order valence-electron chi connectivity index (χ4n) is 2.42. The minimum absolute atomic E-state index is 0.205. The smallest absolute Gasteiger partial charge is 0.248 e. The summed E-state index contributed by atoms with van der Waals surface area (Å²) in [6.07, 6.45) is 1.73. The second-order valence-electron chi connectivity index (χ2n) is 5.69. The van der Waals surface area contributed by atoms with Crippen LogP contribution in [0.25, 0.3) is 0 Å². The number of carbonyl (C=O) groups is 1. The number of nitrogens with zero attached hydrogens (tertiary/aromatic N) is 3. The number of aryl methyl sites for hydroxylation is 1. The molecule has 0 aliphatic carbocycles. The minimum atomic E-state index is -0.438. The Kier molecular flexibility index (Phi) is 4.95. The molecule has 1 unspecified atom stereocenters. The number of aromatic nitrogens is 2. The maximum Gasteiger partial charge on any atom is 0.248 e. The van der Waals surface area contributed by atoms with Crippen molar-refractivity contribution in [1.29, 1.82) is 0 Å². The lowest BCUT2D eigenvalue weighted by atomic mass is 10.2. The van der Waals surface area contributed by atoms with E-state index in [9.17, 15) is 4.79 Å². The van der Waals surface area contributed by atoms with Crippen molar-refractivity contribution in [2.75, 3.05) is 41.8 Å². The summed E-state index contributed by atoms with van der Waals surface area (Å²) in [5.41, 5.74) is 1.50. The molecule has 3 heterocycles. The number of hydrogen-bond acceptors (Lipinski definition) is 7. The Morgan fingerprint density at radius 2 is 2.12 bits per heavy atom. The summed E-state index contributed by atoms with van der Waals surface area (Å²) in [6.45, 7) is 6.70. The largest absolute Gasteiger partial charge is 0.378 e.